The molecule has 118 valence electrons. The molecule has 0 fully saturated rings. The molecule has 4 nitrogen and oxygen atoms in total. The van der Waals surface area contributed by atoms with E-state index < -0.39 is 0 Å². The first kappa shape index (κ1) is 14.7. The molecule has 1 atom stereocenters. The van der Waals surface area contributed by atoms with E-state index in [1.54, 1.807) is 11.3 Å². The fourth-order valence-corrected chi connectivity index (χ4v) is 5.00. The second-order valence-electron chi connectivity index (χ2n) is 5.93. The SMILES string of the molecule is CN(C)c1nc2sc(C(=O)N[C@@H]3CCc4ccccc43)cc2s1. The van der Waals surface area contributed by atoms with Gasteiger partial charge in [0.05, 0.1) is 15.6 Å². The quantitative estimate of drug-likeness (QED) is 0.786. The van der Waals surface area contributed by atoms with E-state index in [0.29, 0.717) is 0 Å². The lowest BCUT2D eigenvalue weighted by molar-refractivity contribution is 0.0941. The summed E-state index contributed by atoms with van der Waals surface area (Å²) >= 11 is 3.09. The van der Waals surface area contributed by atoms with Crippen LogP contribution >= 0.6 is 22.7 Å². The standard InChI is InChI=1S/C17H17N3OS2/c1-20(2)17-19-16-14(23-17)9-13(22-16)15(21)18-12-8-7-10-5-3-4-6-11(10)12/h3-6,9,12H,7-8H2,1-2H3,(H,18,21)/t12-/m1/s1. The lowest BCUT2D eigenvalue weighted by Gasteiger charge is -2.13. The zero-order valence-electron chi connectivity index (χ0n) is 13.0. The molecule has 0 spiro atoms. The minimum atomic E-state index is 0.00769. The average Bonchev–Trinajstić information content (AvgIpc) is 3.19. The van der Waals surface area contributed by atoms with Crippen LogP contribution in [0.4, 0.5) is 5.13 Å². The highest BCUT2D eigenvalue weighted by Gasteiger charge is 2.24. The second-order valence-corrected chi connectivity index (χ2v) is 7.97. The highest BCUT2D eigenvalue weighted by Crippen LogP contribution is 2.35. The van der Waals surface area contributed by atoms with E-state index in [4.69, 9.17) is 0 Å². The van der Waals surface area contributed by atoms with Crippen LogP contribution in [0.2, 0.25) is 0 Å². The number of aryl methyl sites for hydroxylation is 1. The summed E-state index contributed by atoms with van der Waals surface area (Å²) in [5, 5.41) is 4.15. The van der Waals surface area contributed by atoms with E-state index in [2.05, 4.69) is 28.5 Å². The van der Waals surface area contributed by atoms with Crippen LogP contribution in [0.25, 0.3) is 9.53 Å². The number of benzene rings is 1. The van der Waals surface area contributed by atoms with Crippen molar-refractivity contribution in [3.05, 3.63) is 46.3 Å². The molecule has 0 saturated heterocycles. The van der Waals surface area contributed by atoms with Crippen LogP contribution in [-0.2, 0) is 6.42 Å². The number of hydrogen-bond donors (Lipinski definition) is 1. The molecule has 0 aliphatic heterocycles. The minimum Gasteiger partial charge on any atom is -0.354 e. The van der Waals surface area contributed by atoms with Crippen molar-refractivity contribution < 1.29 is 4.79 Å². The first-order valence-electron chi connectivity index (χ1n) is 7.58. The van der Waals surface area contributed by atoms with Crippen molar-refractivity contribution in [1.29, 1.82) is 0 Å². The number of nitrogens with zero attached hydrogens (tertiary/aromatic N) is 2. The molecule has 0 bridgehead atoms. The summed E-state index contributed by atoms with van der Waals surface area (Å²) in [6.07, 6.45) is 2.02. The van der Waals surface area contributed by atoms with Gasteiger partial charge in [-0.05, 0) is 30.0 Å². The van der Waals surface area contributed by atoms with Crippen molar-refractivity contribution in [2.24, 2.45) is 0 Å². The van der Waals surface area contributed by atoms with Crippen molar-refractivity contribution in [2.45, 2.75) is 18.9 Å². The van der Waals surface area contributed by atoms with Crippen LogP contribution in [-0.4, -0.2) is 25.0 Å². The van der Waals surface area contributed by atoms with E-state index >= 15 is 0 Å². The number of carbonyl (C=O) groups is 1. The Balaban J connectivity index is 1.54. The first-order valence-corrected chi connectivity index (χ1v) is 9.21. The zero-order valence-corrected chi connectivity index (χ0v) is 14.6. The number of thiophene rings is 1. The Morgan fingerprint density at radius 3 is 2.91 bits per heavy atom. The Labute approximate surface area is 142 Å². The molecule has 0 radical (unpaired) electrons. The smallest absolute Gasteiger partial charge is 0.261 e. The van der Waals surface area contributed by atoms with Crippen molar-refractivity contribution in [3.8, 4) is 0 Å². The van der Waals surface area contributed by atoms with Crippen molar-refractivity contribution in [1.82, 2.24) is 10.3 Å². The summed E-state index contributed by atoms with van der Waals surface area (Å²) in [6.45, 7) is 0. The molecule has 1 aliphatic rings. The van der Waals surface area contributed by atoms with Gasteiger partial charge in [0.2, 0.25) is 0 Å². The highest BCUT2D eigenvalue weighted by atomic mass is 32.1. The van der Waals surface area contributed by atoms with Crippen LogP contribution in [0.5, 0.6) is 0 Å². The third-order valence-electron chi connectivity index (χ3n) is 4.12. The topological polar surface area (TPSA) is 45.2 Å². The molecule has 0 saturated carbocycles. The van der Waals surface area contributed by atoms with Gasteiger partial charge in [0, 0.05) is 14.1 Å². The third-order valence-corrected chi connectivity index (χ3v) is 6.45. The molecule has 2 heterocycles. The van der Waals surface area contributed by atoms with Crippen molar-refractivity contribution in [3.63, 3.8) is 0 Å². The number of carbonyl (C=O) groups excluding carboxylic acids is 1. The number of rotatable bonds is 3. The fraction of sp³-hybridized carbons (Fsp3) is 0.294. The summed E-state index contributed by atoms with van der Waals surface area (Å²) in [7, 11) is 3.96. The molecule has 6 heteroatoms. The fourth-order valence-electron chi connectivity index (χ4n) is 2.96. The Hall–Kier alpha value is -1.92. The number of nitrogens with one attached hydrogen (secondary N) is 1. The van der Waals surface area contributed by atoms with Gasteiger partial charge in [-0.2, -0.15) is 0 Å². The number of amides is 1. The molecule has 0 unspecified atom stereocenters. The van der Waals surface area contributed by atoms with Gasteiger partial charge in [-0.15, -0.1) is 11.3 Å². The zero-order chi connectivity index (χ0) is 16.0. The Morgan fingerprint density at radius 1 is 1.30 bits per heavy atom. The van der Waals surface area contributed by atoms with Gasteiger partial charge < -0.3 is 10.2 Å². The number of anilines is 1. The Kier molecular flexibility index (Phi) is 3.58. The van der Waals surface area contributed by atoms with Gasteiger partial charge in [-0.25, -0.2) is 4.98 Å². The number of aromatic nitrogens is 1. The van der Waals surface area contributed by atoms with E-state index in [1.807, 2.05) is 31.1 Å². The predicted octanol–water partition coefficient (Wildman–Crippen LogP) is 3.84. The Morgan fingerprint density at radius 2 is 2.13 bits per heavy atom. The molecule has 1 aliphatic carbocycles. The molecule has 1 amide bonds. The van der Waals surface area contributed by atoms with Gasteiger partial charge in [0.15, 0.2) is 5.13 Å². The third kappa shape index (κ3) is 2.62. The maximum Gasteiger partial charge on any atom is 0.261 e. The molecular weight excluding hydrogens is 326 g/mol. The monoisotopic (exact) mass is 343 g/mol. The van der Waals surface area contributed by atoms with Gasteiger partial charge in [-0.3, -0.25) is 4.79 Å². The highest BCUT2D eigenvalue weighted by molar-refractivity contribution is 7.29. The Bertz CT molecular complexity index is 849. The number of thiazole rings is 1. The normalized spacial score (nSPS) is 16.5. The van der Waals surface area contributed by atoms with E-state index in [1.165, 1.54) is 22.5 Å². The number of hydrogen-bond acceptors (Lipinski definition) is 5. The maximum absolute atomic E-state index is 12.6. The van der Waals surface area contributed by atoms with Crippen molar-refractivity contribution in [2.75, 3.05) is 19.0 Å². The summed E-state index contributed by atoms with van der Waals surface area (Å²) in [4.78, 5) is 20.8. The lowest BCUT2D eigenvalue weighted by atomic mass is 10.1. The summed E-state index contributed by atoms with van der Waals surface area (Å²) in [6, 6.07) is 10.5. The minimum absolute atomic E-state index is 0.00769. The van der Waals surface area contributed by atoms with Gasteiger partial charge in [0.1, 0.15) is 4.83 Å². The lowest BCUT2D eigenvalue weighted by Crippen LogP contribution is -2.26. The van der Waals surface area contributed by atoms with Crippen molar-refractivity contribution >= 4 is 43.2 Å². The molecule has 4 rings (SSSR count). The largest absolute Gasteiger partial charge is 0.354 e. The molecule has 3 aromatic rings. The van der Waals surface area contributed by atoms with Crippen LogP contribution in [0.15, 0.2) is 30.3 Å². The maximum atomic E-state index is 12.6. The molecule has 2 aromatic heterocycles. The van der Waals surface area contributed by atoms with Crippen LogP contribution in [0.3, 0.4) is 0 Å². The van der Waals surface area contributed by atoms with Gasteiger partial charge in [-0.1, -0.05) is 35.6 Å². The van der Waals surface area contributed by atoms with E-state index in [-0.39, 0.29) is 11.9 Å². The summed E-state index contributed by atoms with van der Waals surface area (Å²) in [5.74, 6) is 0.00769. The van der Waals surface area contributed by atoms with Gasteiger partial charge >= 0.3 is 0 Å². The summed E-state index contributed by atoms with van der Waals surface area (Å²) in [5.41, 5.74) is 2.61. The predicted molar refractivity (Wildman–Crippen MR) is 96.8 cm³/mol. The van der Waals surface area contributed by atoms with E-state index in [0.717, 1.165) is 32.4 Å². The molecule has 1 aromatic carbocycles. The van der Waals surface area contributed by atoms with Crippen LogP contribution in [0, 0.1) is 0 Å². The summed E-state index contributed by atoms with van der Waals surface area (Å²) < 4.78 is 1.08. The average molecular weight is 343 g/mol. The van der Waals surface area contributed by atoms with Gasteiger partial charge in [0.25, 0.3) is 5.91 Å². The number of fused-ring (bicyclic) bond motifs is 2. The van der Waals surface area contributed by atoms with Crippen LogP contribution < -0.4 is 10.2 Å². The van der Waals surface area contributed by atoms with E-state index in [9.17, 15) is 4.79 Å². The first-order chi connectivity index (χ1) is 11.1. The molecular formula is C17H17N3OS2. The van der Waals surface area contributed by atoms with Crippen LogP contribution in [0.1, 0.15) is 33.3 Å². The second kappa shape index (κ2) is 5.62. The molecule has 23 heavy (non-hydrogen) atoms. The molecule has 1 N–H and O–H groups in total.